The van der Waals surface area contributed by atoms with Gasteiger partial charge in [0.1, 0.15) is 16.7 Å². The van der Waals surface area contributed by atoms with Crippen LogP contribution < -0.4 is 4.74 Å². The van der Waals surface area contributed by atoms with Gasteiger partial charge in [0, 0.05) is 12.0 Å². The number of carbonyl (C=O) groups excluding carboxylic acids is 2. The molecule has 0 aliphatic carbocycles. The van der Waals surface area contributed by atoms with Crippen LogP contribution in [0, 0.1) is 17.0 Å². The average Bonchev–Trinajstić information content (AvgIpc) is 2.69. The third kappa shape index (κ3) is 8.25. The summed E-state index contributed by atoms with van der Waals surface area (Å²) in [6.07, 6.45) is -10.7. The van der Waals surface area contributed by atoms with Gasteiger partial charge in [0.25, 0.3) is 5.09 Å². The van der Waals surface area contributed by atoms with Gasteiger partial charge in [0.05, 0.1) is 12.2 Å². The molecule has 0 saturated carbocycles. The molecule has 37 heavy (non-hydrogen) atoms. The van der Waals surface area contributed by atoms with E-state index in [-0.39, 0.29) is 24.6 Å². The first kappa shape index (κ1) is 29.7. The number of halogens is 8. The molecule has 2 atom stereocenters. The standard InChI is InChI=1S/C18H17F8NO9S/c1-9-5-12(37(22,23,24,25)26)6-11-7-13(15(18(19,20)21)35-14(9)11)16(28)33-8-34-17(29)32-4-3-10(2)36-27(30)31/h5-7,10,15H,3-4,8H2,1-2H3/t10-,15-/m0/s1. The van der Waals surface area contributed by atoms with Crippen LogP contribution in [0.2, 0.25) is 0 Å². The van der Waals surface area contributed by atoms with Crippen molar-refractivity contribution in [1.82, 2.24) is 0 Å². The zero-order chi connectivity index (χ0) is 28.5. The maximum Gasteiger partial charge on any atom is 0.511 e. The third-order valence-electron chi connectivity index (χ3n) is 4.46. The largest absolute Gasteiger partial charge is 0.511 e. The lowest BCUT2D eigenvalue weighted by Crippen LogP contribution is -2.41. The van der Waals surface area contributed by atoms with Gasteiger partial charge >= 0.3 is 28.5 Å². The number of fused-ring (bicyclic) bond motifs is 1. The maximum atomic E-state index is 13.5. The fraction of sp³-hybridized carbons (Fsp3) is 0.444. The van der Waals surface area contributed by atoms with Crippen LogP contribution >= 0.6 is 10.2 Å². The minimum Gasteiger partial charge on any atom is -0.475 e. The first-order valence-corrected chi connectivity index (χ1v) is 11.6. The highest BCUT2D eigenvalue weighted by molar-refractivity contribution is 8.45. The van der Waals surface area contributed by atoms with Gasteiger partial charge in [-0.25, -0.2) is 9.59 Å². The topological polar surface area (TPSA) is 123 Å². The van der Waals surface area contributed by atoms with Crippen LogP contribution in [0.4, 0.5) is 37.4 Å². The molecule has 19 heteroatoms. The number of alkyl halides is 3. The zero-order valence-corrected chi connectivity index (χ0v) is 19.4. The normalized spacial score (nSPS) is 18.1. The van der Waals surface area contributed by atoms with Crippen molar-refractivity contribution in [2.45, 2.75) is 43.5 Å². The van der Waals surface area contributed by atoms with Crippen molar-refractivity contribution in [3.8, 4) is 5.75 Å². The van der Waals surface area contributed by atoms with Crippen molar-refractivity contribution < 1.29 is 71.1 Å². The number of carbonyl (C=O) groups is 2. The van der Waals surface area contributed by atoms with E-state index in [2.05, 4.69) is 23.8 Å². The van der Waals surface area contributed by atoms with Gasteiger partial charge in [-0.05, 0) is 37.6 Å². The Balaban J connectivity index is 2.16. The summed E-state index contributed by atoms with van der Waals surface area (Å²) in [6.45, 7) is 0.301. The zero-order valence-electron chi connectivity index (χ0n) is 18.6. The number of hydrogen-bond donors (Lipinski definition) is 0. The first-order valence-electron chi connectivity index (χ1n) is 9.70. The van der Waals surface area contributed by atoms with Crippen molar-refractivity contribution in [3.63, 3.8) is 0 Å². The molecule has 0 spiro atoms. The number of hydrogen-bond acceptors (Lipinski definition) is 9. The molecule has 0 radical (unpaired) electrons. The van der Waals surface area contributed by atoms with E-state index in [1.165, 1.54) is 6.92 Å². The third-order valence-corrected chi connectivity index (χ3v) is 5.59. The molecule has 0 N–H and O–H groups in total. The molecule has 1 aromatic rings. The minimum atomic E-state index is -10.2. The summed E-state index contributed by atoms with van der Waals surface area (Å²) < 4.78 is 124. The Morgan fingerprint density at radius 3 is 2.30 bits per heavy atom. The highest BCUT2D eigenvalue weighted by Gasteiger charge is 2.65. The van der Waals surface area contributed by atoms with Gasteiger partial charge in [-0.2, -0.15) is 13.2 Å². The Kier molecular flexibility index (Phi) is 7.56. The van der Waals surface area contributed by atoms with Gasteiger partial charge in [0.15, 0.2) is 0 Å². The van der Waals surface area contributed by atoms with Crippen LogP contribution in [0.25, 0.3) is 6.08 Å². The molecule has 0 unspecified atom stereocenters. The van der Waals surface area contributed by atoms with Gasteiger partial charge in [-0.15, -0.1) is 10.1 Å². The van der Waals surface area contributed by atoms with E-state index in [0.29, 0.717) is 0 Å². The van der Waals surface area contributed by atoms with Crippen LogP contribution in [0.15, 0.2) is 22.6 Å². The molecular formula is C18H17F8NO9S. The quantitative estimate of drug-likeness (QED) is 0.115. The number of aryl methyl sites for hydroxylation is 1. The Hall–Kier alpha value is -3.51. The predicted octanol–water partition coefficient (Wildman–Crippen LogP) is 6.00. The molecule has 210 valence electrons. The van der Waals surface area contributed by atoms with E-state index in [1.807, 2.05) is 0 Å². The summed E-state index contributed by atoms with van der Waals surface area (Å²) in [7, 11) is -10.2. The maximum absolute atomic E-state index is 13.5. The molecule has 1 aromatic carbocycles. The van der Waals surface area contributed by atoms with E-state index in [0.717, 1.165) is 6.92 Å². The van der Waals surface area contributed by atoms with E-state index in [1.54, 1.807) is 0 Å². The molecule has 1 aliphatic rings. The summed E-state index contributed by atoms with van der Waals surface area (Å²) in [5.74, 6) is -2.68. The molecule has 0 amide bonds. The lowest BCUT2D eigenvalue weighted by atomic mass is 9.99. The first-order chi connectivity index (χ1) is 16.6. The number of esters is 1. The average molecular weight is 575 g/mol. The van der Waals surface area contributed by atoms with E-state index in [9.17, 15) is 52.3 Å². The highest BCUT2D eigenvalue weighted by atomic mass is 32.5. The smallest absolute Gasteiger partial charge is 0.475 e. The van der Waals surface area contributed by atoms with Gasteiger partial charge in [-0.3, -0.25) is 0 Å². The van der Waals surface area contributed by atoms with Crippen LogP contribution in [-0.2, 0) is 23.8 Å². The van der Waals surface area contributed by atoms with Crippen molar-refractivity contribution in [2.24, 2.45) is 0 Å². The summed E-state index contributed by atoms with van der Waals surface area (Å²) in [5, 5.41) is 9.05. The molecule has 1 aliphatic heterocycles. The monoisotopic (exact) mass is 575 g/mol. The van der Waals surface area contributed by atoms with Gasteiger partial charge in [0.2, 0.25) is 12.9 Å². The Morgan fingerprint density at radius 2 is 1.76 bits per heavy atom. The lowest BCUT2D eigenvalue weighted by molar-refractivity contribution is -0.767. The SMILES string of the molecule is Cc1cc(S(F)(F)(F)(F)F)cc2c1O[C@H](C(F)(F)F)C(C(=O)OCOC(=O)OCC[C@H](C)O[N+](=O)[O-])=C2. The van der Waals surface area contributed by atoms with E-state index < -0.39 is 86.6 Å². The van der Waals surface area contributed by atoms with Crippen LogP contribution in [0.1, 0.15) is 24.5 Å². The van der Waals surface area contributed by atoms with Gasteiger partial charge in [-0.1, -0.05) is 19.4 Å². The molecular weight excluding hydrogens is 558 g/mol. The van der Waals surface area contributed by atoms with Crippen LogP contribution in [-0.4, -0.2) is 49.0 Å². The summed E-state index contributed by atoms with van der Waals surface area (Å²) in [6, 6.07) is -0.240. The molecule has 1 heterocycles. The minimum absolute atomic E-state index is 0.0747. The molecule has 2 rings (SSSR count). The fourth-order valence-electron chi connectivity index (χ4n) is 2.86. The molecule has 10 nitrogen and oxygen atoms in total. The Morgan fingerprint density at radius 1 is 1.14 bits per heavy atom. The molecule has 0 saturated heterocycles. The van der Waals surface area contributed by atoms with Crippen molar-refractivity contribution in [2.75, 3.05) is 13.4 Å². The number of benzene rings is 1. The van der Waals surface area contributed by atoms with E-state index >= 15 is 0 Å². The fourth-order valence-corrected chi connectivity index (χ4v) is 3.60. The molecule has 0 fully saturated rings. The second-order valence-corrected chi connectivity index (χ2v) is 9.90. The van der Waals surface area contributed by atoms with Crippen LogP contribution in [0.5, 0.6) is 5.75 Å². The highest BCUT2D eigenvalue weighted by Crippen LogP contribution is 3.02. The number of nitrogens with zero attached hydrogens (tertiary/aromatic N) is 1. The number of ether oxygens (including phenoxy) is 4. The summed E-state index contributed by atoms with van der Waals surface area (Å²) >= 11 is 0. The van der Waals surface area contributed by atoms with E-state index in [4.69, 9.17) is 0 Å². The summed E-state index contributed by atoms with van der Waals surface area (Å²) in [4.78, 5) is 35.5. The number of rotatable bonds is 9. The van der Waals surface area contributed by atoms with Crippen molar-refractivity contribution >= 4 is 28.4 Å². The Bertz CT molecular complexity index is 1120. The van der Waals surface area contributed by atoms with Gasteiger partial charge < -0.3 is 23.8 Å². The van der Waals surface area contributed by atoms with Crippen LogP contribution in [0.3, 0.4) is 0 Å². The molecule has 0 bridgehead atoms. The van der Waals surface area contributed by atoms with Crippen molar-refractivity contribution in [1.29, 1.82) is 0 Å². The summed E-state index contributed by atoms with van der Waals surface area (Å²) in [5.41, 5.74) is -3.02. The Labute approximate surface area is 201 Å². The van der Waals surface area contributed by atoms with Crippen molar-refractivity contribution in [3.05, 3.63) is 38.9 Å². The lowest BCUT2D eigenvalue weighted by Gasteiger charge is -2.41. The second kappa shape index (κ2) is 9.42. The molecule has 0 aromatic heterocycles. The second-order valence-electron chi connectivity index (χ2n) is 7.49. The predicted molar refractivity (Wildman–Crippen MR) is 107 cm³/mol.